The smallest absolute Gasteiger partial charge is 0.490 e. The number of carbonyl (C=O) groups is 2. The number of nitrogens with zero attached hydrogens (tertiary/aromatic N) is 1. The third kappa shape index (κ3) is 7.87. The van der Waals surface area contributed by atoms with Gasteiger partial charge in [-0.3, -0.25) is 9.78 Å². The first-order chi connectivity index (χ1) is 16.4. The van der Waals surface area contributed by atoms with Gasteiger partial charge in [0, 0.05) is 23.6 Å². The summed E-state index contributed by atoms with van der Waals surface area (Å²) >= 11 is 0. The number of fused-ring (bicyclic) bond motifs is 1. The third-order valence-corrected chi connectivity index (χ3v) is 4.76. The number of aromatic hydroxyl groups is 1. The number of carbonyl (C=O) groups excluding carboxylic acids is 1. The highest BCUT2D eigenvalue weighted by Crippen LogP contribution is 2.35. The van der Waals surface area contributed by atoms with Crippen molar-refractivity contribution in [1.82, 2.24) is 10.3 Å². The fourth-order valence-corrected chi connectivity index (χ4v) is 3.23. The van der Waals surface area contributed by atoms with E-state index in [0.717, 1.165) is 16.7 Å². The molecule has 188 valence electrons. The van der Waals surface area contributed by atoms with Gasteiger partial charge in [-0.2, -0.15) is 13.2 Å². The Balaban J connectivity index is 0.000000540. The van der Waals surface area contributed by atoms with Crippen LogP contribution in [0.2, 0.25) is 0 Å². The lowest BCUT2D eigenvalue weighted by molar-refractivity contribution is -0.192. The summed E-state index contributed by atoms with van der Waals surface area (Å²) in [6, 6.07) is 14.6. The largest absolute Gasteiger partial charge is 0.505 e. The number of pyridine rings is 1. The predicted octanol–water partition coefficient (Wildman–Crippen LogP) is 5.22. The summed E-state index contributed by atoms with van der Waals surface area (Å²) in [7, 11) is 0. The maximum atomic E-state index is 12.5. The van der Waals surface area contributed by atoms with Crippen LogP contribution in [-0.2, 0) is 9.59 Å². The quantitative estimate of drug-likeness (QED) is 0.417. The molecule has 0 spiro atoms. The van der Waals surface area contributed by atoms with Crippen LogP contribution in [0, 0.1) is 5.92 Å². The van der Waals surface area contributed by atoms with Crippen molar-refractivity contribution in [3.8, 4) is 11.5 Å². The van der Waals surface area contributed by atoms with Crippen molar-refractivity contribution in [2.75, 3.05) is 6.61 Å². The topological polar surface area (TPSA) is 109 Å². The molecule has 3 rings (SSSR count). The zero-order chi connectivity index (χ0) is 26.2. The number of aromatic nitrogens is 1. The molecule has 3 aromatic rings. The minimum atomic E-state index is -5.08. The van der Waals surface area contributed by atoms with Crippen LogP contribution in [-0.4, -0.2) is 39.9 Å². The van der Waals surface area contributed by atoms with Crippen LogP contribution < -0.4 is 10.1 Å². The first-order valence-electron chi connectivity index (χ1n) is 10.8. The van der Waals surface area contributed by atoms with Crippen molar-refractivity contribution in [3.63, 3.8) is 0 Å². The van der Waals surface area contributed by atoms with Crippen LogP contribution in [0.4, 0.5) is 13.2 Å². The SMILES string of the molecule is CCOc1ccc(C(NC(=O)CC(C)C)c2ccc3cccnc3c2O)cc1.O=C(O)C(F)(F)F. The van der Waals surface area contributed by atoms with E-state index in [1.54, 1.807) is 6.20 Å². The number of ether oxygens (including phenoxy) is 1. The van der Waals surface area contributed by atoms with Gasteiger partial charge >= 0.3 is 12.1 Å². The molecule has 0 aliphatic carbocycles. The van der Waals surface area contributed by atoms with E-state index < -0.39 is 18.2 Å². The number of alkyl halides is 3. The average molecular weight is 492 g/mol. The number of carboxylic acids is 1. The number of hydrogen-bond acceptors (Lipinski definition) is 5. The molecule has 1 aromatic heterocycles. The molecule has 0 aliphatic rings. The molecule has 2 aromatic carbocycles. The summed E-state index contributed by atoms with van der Waals surface area (Å²) in [5.41, 5.74) is 2.01. The molecule has 1 amide bonds. The molecule has 0 aliphatic heterocycles. The molecular weight excluding hydrogens is 465 g/mol. The van der Waals surface area contributed by atoms with Gasteiger partial charge in [-0.15, -0.1) is 0 Å². The van der Waals surface area contributed by atoms with Gasteiger partial charge in [0.25, 0.3) is 0 Å². The highest BCUT2D eigenvalue weighted by atomic mass is 19.4. The van der Waals surface area contributed by atoms with Gasteiger partial charge in [0.15, 0.2) is 0 Å². The van der Waals surface area contributed by atoms with Gasteiger partial charge in [-0.1, -0.05) is 44.2 Å². The summed E-state index contributed by atoms with van der Waals surface area (Å²) < 4.78 is 37.3. The van der Waals surface area contributed by atoms with Crippen LogP contribution in [0.1, 0.15) is 44.4 Å². The molecule has 10 heteroatoms. The lowest BCUT2D eigenvalue weighted by Crippen LogP contribution is -2.30. The van der Waals surface area contributed by atoms with Gasteiger partial charge in [0.2, 0.25) is 5.91 Å². The molecule has 0 bridgehead atoms. The molecule has 1 atom stereocenters. The normalized spacial score (nSPS) is 12.0. The molecule has 1 unspecified atom stereocenters. The van der Waals surface area contributed by atoms with Gasteiger partial charge in [0.1, 0.15) is 17.0 Å². The highest BCUT2D eigenvalue weighted by molar-refractivity contribution is 5.86. The van der Waals surface area contributed by atoms with Crippen LogP contribution in [0.15, 0.2) is 54.7 Å². The van der Waals surface area contributed by atoms with Crippen molar-refractivity contribution in [2.24, 2.45) is 5.92 Å². The zero-order valence-electron chi connectivity index (χ0n) is 19.5. The summed E-state index contributed by atoms with van der Waals surface area (Å²) in [6.45, 7) is 6.53. The number of nitrogens with one attached hydrogen (secondary N) is 1. The van der Waals surface area contributed by atoms with E-state index >= 15 is 0 Å². The summed E-state index contributed by atoms with van der Waals surface area (Å²) in [4.78, 5) is 25.7. The predicted molar refractivity (Wildman–Crippen MR) is 124 cm³/mol. The minimum Gasteiger partial charge on any atom is -0.505 e. The number of carboxylic acid groups (broad SMARTS) is 1. The Morgan fingerprint density at radius 3 is 2.26 bits per heavy atom. The summed E-state index contributed by atoms with van der Waals surface area (Å²) in [5, 5.41) is 21.9. The van der Waals surface area contributed by atoms with Crippen molar-refractivity contribution in [3.05, 3.63) is 65.9 Å². The van der Waals surface area contributed by atoms with Crippen LogP contribution in [0.3, 0.4) is 0 Å². The molecule has 7 nitrogen and oxygen atoms in total. The number of aliphatic carboxylic acids is 1. The molecular formula is C25H27F3N2O5. The maximum Gasteiger partial charge on any atom is 0.490 e. The highest BCUT2D eigenvalue weighted by Gasteiger charge is 2.38. The van der Waals surface area contributed by atoms with E-state index in [9.17, 15) is 23.1 Å². The maximum absolute atomic E-state index is 12.5. The number of rotatable bonds is 7. The van der Waals surface area contributed by atoms with Gasteiger partial charge in [0.05, 0.1) is 12.6 Å². The number of phenols is 1. The number of hydrogen-bond donors (Lipinski definition) is 3. The van der Waals surface area contributed by atoms with Gasteiger partial charge < -0.3 is 20.3 Å². The number of amides is 1. The first kappa shape index (κ1) is 27.4. The van der Waals surface area contributed by atoms with Gasteiger partial charge in [-0.25, -0.2) is 4.79 Å². The van der Waals surface area contributed by atoms with E-state index in [2.05, 4.69) is 10.3 Å². The van der Waals surface area contributed by atoms with E-state index in [-0.39, 0.29) is 17.6 Å². The molecule has 0 saturated carbocycles. The van der Waals surface area contributed by atoms with Gasteiger partial charge in [-0.05, 0) is 36.6 Å². The van der Waals surface area contributed by atoms with Crippen LogP contribution in [0.25, 0.3) is 10.9 Å². The monoisotopic (exact) mass is 492 g/mol. The van der Waals surface area contributed by atoms with Crippen LogP contribution >= 0.6 is 0 Å². The Bertz CT molecular complexity index is 1150. The Kier molecular flexibility index (Phi) is 9.44. The van der Waals surface area contributed by atoms with Crippen molar-refractivity contribution in [2.45, 2.75) is 39.4 Å². The Morgan fingerprint density at radius 1 is 1.09 bits per heavy atom. The fourth-order valence-electron chi connectivity index (χ4n) is 3.23. The average Bonchev–Trinajstić information content (AvgIpc) is 2.78. The molecule has 1 heterocycles. The molecule has 0 fully saturated rings. The lowest BCUT2D eigenvalue weighted by Gasteiger charge is -2.22. The Morgan fingerprint density at radius 2 is 1.71 bits per heavy atom. The third-order valence-electron chi connectivity index (χ3n) is 4.76. The zero-order valence-corrected chi connectivity index (χ0v) is 19.5. The Hall–Kier alpha value is -3.82. The van der Waals surface area contributed by atoms with E-state index in [1.807, 2.05) is 69.3 Å². The molecule has 35 heavy (non-hydrogen) atoms. The lowest BCUT2D eigenvalue weighted by atomic mass is 9.95. The standard InChI is InChI=1S/C23H26N2O3.C2HF3O2/c1-4-28-18-10-7-17(8-11-18)21(25-20(26)14-15(2)3)19-12-9-16-6-5-13-24-22(16)23(19)27;3-2(4,5)1(6)7/h5-13,15,21,27H,4,14H2,1-3H3,(H,25,26);(H,6,7). The first-order valence-corrected chi connectivity index (χ1v) is 10.8. The van der Waals surface area contributed by atoms with E-state index in [4.69, 9.17) is 14.6 Å². The van der Waals surface area contributed by atoms with E-state index in [1.165, 1.54) is 0 Å². The fraction of sp³-hybridized carbons (Fsp3) is 0.320. The number of halogens is 3. The van der Waals surface area contributed by atoms with Crippen molar-refractivity contribution >= 4 is 22.8 Å². The van der Waals surface area contributed by atoms with Crippen molar-refractivity contribution < 1.29 is 37.7 Å². The number of benzene rings is 2. The Labute approximate surface area is 200 Å². The summed E-state index contributed by atoms with van der Waals surface area (Å²) in [5.74, 6) is -1.72. The van der Waals surface area contributed by atoms with Crippen LogP contribution in [0.5, 0.6) is 11.5 Å². The van der Waals surface area contributed by atoms with E-state index in [0.29, 0.717) is 24.1 Å². The van der Waals surface area contributed by atoms with Crippen molar-refractivity contribution in [1.29, 1.82) is 0 Å². The second-order valence-electron chi connectivity index (χ2n) is 7.98. The molecule has 3 N–H and O–H groups in total. The second-order valence-corrected chi connectivity index (χ2v) is 7.98. The number of phenolic OH excluding ortho intramolecular Hbond substituents is 1. The molecule has 0 saturated heterocycles. The minimum absolute atomic E-state index is 0.0607. The molecule has 0 radical (unpaired) electrons. The second kappa shape index (κ2) is 12.0. The summed E-state index contributed by atoms with van der Waals surface area (Å²) in [6.07, 6.45) is -3.02.